The van der Waals surface area contributed by atoms with Crippen molar-refractivity contribution in [1.82, 2.24) is 4.98 Å². The lowest BCUT2D eigenvalue weighted by Crippen LogP contribution is -2.17. The first-order valence-corrected chi connectivity index (χ1v) is 6.55. The summed E-state index contributed by atoms with van der Waals surface area (Å²) in [5.41, 5.74) is 6.04. The third-order valence-corrected chi connectivity index (χ3v) is 4.16. The van der Waals surface area contributed by atoms with E-state index in [1.807, 2.05) is 12.3 Å². The SMILES string of the molecule is Cc1csc(CS(=O)(=O)CCN)n1. The zero-order chi connectivity index (χ0) is 9.90. The summed E-state index contributed by atoms with van der Waals surface area (Å²) in [6.45, 7) is 2.02. The molecule has 1 aromatic rings. The monoisotopic (exact) mass is 220 g/mol. The predicted molar refractivity (Wildman–Crippen MR) is 53.4 cm³/mol. The molecule has 0 spiro atoms. The second kappa shape index (κ2) is 4.17. The molecule has 0 amide bonds. The zero-order valence-electron chi connectivity index (χ0n) is 7.36. The average molecular weight is 220 g/mol. The van der Waals surface area contributed by atoms with Crippen molar-refractivity contribution in [3.8, 4) is 0 Å². The van der Waals surface area contributed by atoms with Gasteiger partial charge in [0.1, 0.15) is 10.8 Å². The molecule has 0 aromatic carbocycles. The van der Waals surface area contributed by atoms with Gasteiger partial charge in [-0.05, 0) is 6.92 Å². The highest BCUT2D eigenvalue weighted by Crippen LogP contribution is 2.12. The maximum atomic E-state index is 11.3. The van der Waals surface area contributed by atoms with Crippen LogP contribution in [0.1, 0.15) is 10.7 Å². The number of hydrogen-bond acceptors (Lipinski definition) is 5. The van der Waals surface area contributed by atoms with Gasteiger partial charge in [-0.3, -0.25) is 0 Å². The van der Waals surface area contributed by atoms with E-state index in [1.165, 1.54) is 11.3 Å². The Balaban J connectivity index is 2.69. The average Bonchev–Trinajstić information content (AvgIpc) is 2.34. The minimum atomic E-state index is -3.05. The summed E-state index contributed by atoms with van der Waals surface area (Å²) in [4.78, 5) is 4.08. The first-order chi connectivity index (χ1) is 6.03. The number of nitrogens with zero attached hydrogens (tertiary/aromatic N) is 1. The second-order valence-corrected chi connectivity index (χ2v) is 5.89. The molecule has 1 rings (SSSR count). The molecule has 0 aliphatic carbocycles. The van der Waals surface area contributed by atoms with Crippen molar-refractivity contribution >= 4 is 21.2 Å². The lowest BCUT2D eigenvalue weighted by molar-refractivity contribution is 0.595. The summed E-state index contributed by atoms with van der Waals surface area (Å²) in [5.74, 6) is 0.0499. The molecule has 2 N–H and O–H groups in total. The van der Waals surface area contributed by atoms with Gasteiger partial charge in [0, 0.05) is 17.6 Å². The smallest absolute Gasteiger partial charge is 0.158 e. The van der Waals surface area contributed by atoms with Crippen LogP contribution in [0.2, 0.25) is 0 Å². The summed E-state index contributed by atoms with van der Waals surface area (Å²) >= 11 is 1.37. The Bertz CT molecular complexity index is 370. The van der Waals surface area contributed by atoms with Crippen LogP contribution >= 0.6 is 11.3 Å². The summed E-state index contributed by atoms with van der Waals surface area (Å²) in [7, 11) is -3.05. The molecule has 74 valence electrons. The standard InChI is InChI=1S/C7H12N2O2S2/c1-6-4-12-7(9-6)5-13(10,11)3-2-8/h4H,2-3,5,8H2,1H3. The molecule has 0 aliphatic rings. The second-order valence-electron chi connectivity index (χ2n) is 2.76. The number of sulfone groups is 1. The van der Waals surface area contributed by atoms with E-state index in [2.05, 4.69) is 4.98 Å². The Morgan fingerprint density at radius 1 is 1.62 bits per heavy atom. The van der Waals surface area contributed by atoms with Gasteiger partial charge in [-0.1, -0.05) is 0 Å². The molecule has 0 aliphatic heterocycles. The summed E-state index contributed by atoms with van der Waals surface area (Å²) in [6.07, 6.45) is 0. The van der Waals surface area contributed by atoms with Gasteiger partial charge in [0.2, 0.25) is 0 Å². The van der Waals surface area contributed by atoms with Crippen LogP contribution in [0.15, 0.2) is 5.38 Å². The first-order valence-electron chi connectivity index (χ1n) is 3.85. The van der Waals surface area contributed by atoms with E-state index < -0.39 is 9.84 Å². The fourth-order valence-corrected chi connectivity index (χ4v) is 3.22. The largest absolute Gasteiger partial charge is 0.329 e. The molecular formula is C7H12N2O2S2. The number of nitrogens with two attached hydrogens (primary N) is 1. The van der Waals surface area contributed by atoms with E-state index in [1.54, 1.807) is 0 Å². The highest BCUT2D eigenvalue weighted by Gasteiger charge is 2.12. The first kappa shape index (κ1) is 10.6. The molecule has 0 saturated carbocycles. The number of rotatable bonds is 4. The maximum Gasteiger partial charge on any atom is 0.158 e. The number of hydrogen-bond donors (Lipinski definition) is 1. The Hall–Kier alpha value is -0.460. The fourth-order valence-electron chi connectivity index (χ4n) is 0.909. The minimum absolute atomic E-state index is 0.0166. The minimum Gasteiger partial charge on any atom is -0.329 e. The van der Waals surface area contributed by atoms with E-state index in [9.17, 15) is 8.42 Å². The van der Waals surface area contributed by atoms with Gasteiger partial charge in [-0.25, -0.2) is 13.4 Å². The van der Waals surface area contributed by atoms with Crippen LogP contribution in [0.3, 0.4) is 0 Å². The van der Waals surface area contributed by atoms with Crippen molar-refractivity contribution in [2.45, 2.75) is 12.7 Å². The molecule has 0 atom stereocenters. The van der Waals surface area contributed by atoms with Crippen LogP contribution in [0.4, 0.5) is 0 Å². The van der Waals surface area contributed by atoms with Crippen molar-refractivity contribution in [2.75, 3.05) is 12.3 Å². The molecule has 0 radical (unpaired) electrons. The summed E-state index contributed by atoms with van der Waals surface area (Å²) in [5, 5.41) is 2.48. The third-order valence-electron chi connectivity index (χ3n) is 1.44. The Kier molecular flexibility index (Phi) is 3.40. The Morgan fingerprint density at radius 2 is 2.31 bits per heavy atom. The van der Waals surface area contributed by atoms with Crippen molar-refractivity contribution in [1.29, 1.82) is 0 Å². The predicted octanol–water partition coefficient (Wildman–Crippen LogP) is 0.325. The maximum absolute atomic E-state index is 11.3. The van der Waals surface area contributed by atoms with Crippen LogP contribution in [0, 0.1) is 6.92 Å². The van der Waals surface area contributed by atoms with Crippen molar-refractivity contribution in [2.24, 2.45) is 5.73 Å². The third kappa shape index (κ3) is 3.41. The molecule has 0 fully saturated rings. The van der Waals surface area contributed by atoms with Gasteiger partial charge >= 0.3 is 0 Å². The number of aryl methyl sites for hydroxylation is 1. The highest BCUT2D eigenvalue weighted by molar-refractivity contribution is 7.90. The molecule has 13 heavy (non-hydrogen) atoms. The van der Waals surface area contributed by atoms with Crippen molar-refractivity contribution < 1.29 is 8.42 Å². The molecule has 1 aromatic heterocycles. The Labute approximate surface area is 81.7 Å². The van der Waals surface area contributed by atoms with E-state index >= 15 is 0 Å². The summed E-state index contributed by atoms with van der Waals surface area (Å²) < 4.78 is 22.6. The van der Waals surface area contributed by atoms with E-state index in [4.69, 9.17) is 5.73 Å². The molecule has 0 saturated heterocycles. The van der Waals surface area contributed by atoms with Crippen molar-refractivity contribution in [3.05, 3.63) is 16.1 Å². The lowest BCUT2D eigenvalue weighted by Gasteiger charge is -1.98. The quantitative estimate of drug-likeness (QED) is 0.793. The van der Waals surface area contributed by atoms with Crippen LogP contribution in [-0.2, 0) is 15.6 Å². The molecule has 1 heterocycles. The van der Waals surface area contributed by atoms with Crippen LogP contribution < -0.4 is 5.73 Å². The number of thiazole rings is 1. The van der Waals surface area contributed by atoms with Crippen LogP contribution in [-0.4, -0.2) is 25.7 Å². The Morgan fingerprint density at radius 3 is 2.77 bits per heavy atom. The van der Waals surface area contributed by atoms with E-state index in [-0.39, 0.29) is 18.1 Å². The molecular weight excluding hydrogens is 208 g/mol. The van der Waals surface area contributed by atoms with Gasteiger partial charge in [0.15, 0.2) is 9.84 Å². The molecule has 4 nitrogen and oxygen atoms in total. The van der Waals surface area contributed by atoms with Gasteiger partial charge in [-0.2, -0.15) is 0 Å². The van der Waals surface area contributed by atoms with Gasteiger partial charge in [0.25, 0.3) is 0 Å². The number of aromatic nitrogens is 1. The fraction of sp³-hybridized carbons (Fsp3) is 0.571. The summed E-state index contributed by atoms with van der Waals surface area (Å²) in [6, 6.07) is 0. The van der Waals surface area contributed by atoms with Crippen LogP contribution in [0.5, 0.6) is 0 Å². The van der Waals surface area contributed by atoms with E-state index in [0.717, 1.165) is 5.69 Å². The molecule has 0 unspecified atom stereocenters. The van der Waals surface area contributed by atoms with Gasteiger partial charge in [0.05, 0.1) is 5.75 Å². The molecule has 0 bridgehead atoms. The van der Waals surface area contributed by atoms with Gasteiger partial charge in [-0.15, -0.1) is 11.3 Å². The topological polar surface area (TPSA) is 73.0 Å². The van der Waals surface area contributed by atoms with E-state index in [0.29, 0.717) is 5.01 Å². The molecule has 6 heteroatoms. The lowest BCUT2D eigenvalue weighted by atomic mass is 10.6. The highest BCUT2D eigenvalue weighted by atomic mass is 32.2. The van der Waals surface area contributed by atoms with Crippen molar-refractivity contribution in [3.63, 3.8) is 0 Å². The zero-order valence-corrected chi connectivity index (χ0v) is 8.99. The van der Waals surface area contributed by atoms with Gasteiger partial charge < -0.3 is 5.73 Å². The van der Waals surface area contributed by atoms with Crippen LogP contribution in [0.25, 0.3) is 0 Å². The normalized spacial score (nSPS) is 11.8.